The summed E-state index contributed by atoms with van der Waals surface area (Å²) in [6.07, 6.45) is 0. The monoisotopic (exact) mass is 271 g/mol. The summed E-state index contributed by atoms with van der Waals surface area (Å²) in [5.41, 5.74) is 6.91. The van der Waals surface area contributed by atoms with Crippen molar-refractivity contribution < 1.29 is 8.42 Å². The Morgan fingerprint density at radius 2 is 1.89 bits per heavy atom. The molecule has 0 aliphatic rings. The highest BCUT2D eigenvalue weighted by atomic mass is 32.2. The summed E-state index contributed by atoms with van der Waals surface area (Å²) in [5, 5.41) is 8.25. The van der Waals surface area contributed by atoms with Crippen LogP contribution in [0.2, 0.25) is 0 Å². The van der Waals surface area contributed by atoms with Crippen molar-refractivity contribution in [1.29, 1.82) is 0 Å². The van der Waals surface area contributed by atoms with Gasteiger partial charge in [-0.15, -0.1) is 0 Å². The van der Waals surface area contributed by atoms with E-state index in [4.69, 9.17) is 10.9 Å². The van der Waals surface area contributed by atoms with Crippen molar-refractivity contribution in [1.82, 2.24) is 0 Å². The number of nitrogens with one attached hydrogen (secondary N) is 1. The van der Waals surface area contributed by atoms with Crippen LogP contribution in [0.3, 0.4) is 0 Å². The molecule has 18 heavy (non-hydrogen) atoms. The molecule has 0 aromatic heterocycles. The maximum absolute atomic E-state index is 11.3. The van der Waals surface area contributed by atoms with E-state index < -0.39 is 10.0 Å². The Morgan fingerprint density at radius 3 is 2.39 bits per heavy atom. The molecule has 0 spiro atoms. The third-order valence-corrected chi connectivity index (χ3v) is 4.02. The maximum Gasteiger partial charge on any atom is 0.238 e. The highest BCUT2D eigenvalue weighted by Gasteiger charge is 2.12. The molecule has 0 aliphatic carbocycles. The predicted octanol–water partition coefficient (Wildman–Crippen LogP) is 1.62. The molecule has 5 N–H and O–H groups in total. The van der Waals surface area contributed by atoms with Crippen LogP contribution in [0.4, 0.5) is 11.4 Å². The number of sulfonamides is 1. The fraction of sp³-hybridized carbons (Fsp3) is 0.500. The molecule has 1 rings (SSSR count). The van der Waals surface area contributed by atoms with Crippen LogP contribution in [0, 0.1) is 11.8 Å². The molecule has 1 aromatic rings. The average Bonchev–Trinajstić information content (AvgIpc) is 2.25. The van der Waals surface area contributed by atoms with E-state index in [-0.39, 0.29) is 4.90 Å². The molecule has 0 radical (unpaired) electrons. The molecule has 1 atom stereocenters. The second-order valence-electron chi connectivity index (χ2n) is 4.90. The van der Waals surface area contributed by atoms with Crippen molar-refractivity contribution in [3.8, 4) is 0 Å². The van der Waals surface area contributed by atoms with Gasteiger partial charge in [0.15, 0.2) is 0 Å². The number of benzene rings is 1. The third kappa shape index (κ3) is 3.89. The van der Waals surface area contributed by atoms with Crippen LogP contribution in [0.15, 0.2) is 23.1 Å². The average molecular weight is 271 g/mol. The molecule has 5 nitrogen and oxygen atoms in total. The van der Waals surface area contributed by atoms with E-state index in [1.165, 1.54) is 12.1 Å². The zero-order valence-corrected chi connectivity index (χ0v) is 11.8. The van der Waals surface area contributed by atoms with Crippen LogP contribution in [0.1, 0.15) is 20.8 Å². The van der Waals surface area contributed by atoms with Gasteiger partial charge in [0.25, 0.3) is 0 Å². The van der Waals surface area contributed by atoms with Crippen LogP contribution in [0.25, 0.3) is 0 Å². The van der Waals surface area contributed by atoms with E-state index in [9.17, 15) is 8.42 Å². The molecule has 0 aliphatic heterocycles. The van der Waals surface area contributed by atoms with Gasteiger partial charge in [-0.2, -0.15) is 0 Å². The molecule has 0 fully saturated rings. The number of nitrogens with two attached hydrogens (primary N) is 2. The second kappa shape index (κ2) is 5.58. The lowest BCUT2D eigenvalue weighted by Crippen LogP contribution is -2.18. The van der Waals surface area contributed by atoms with Gasteiger partial charge >= 0.3 is 0 Å². The number of primary sulfonamides is 1. The van der Waals surface area contributed by atoms with E-state index in [1.54, 1.807) is 6.07 Å². The Balaban J connectivity index is 2.89. The van der Waals surface area contributed by atoms with Crippen LogP contribution in [0.5, 0.6) is 0 Å². The van der Waals surface area contributed by atoms with Crippen LogP contribution in [-0.2, 0) is 10.0 Å². The quantitative estimate of drug-likeness (QED) is 0.709. The maximum atomic E-state index is 11.3. The van der Waals surface area contributed by atoms with Gasteiger partial charge < -0.3 is 11.1 Å². The van der Waals surface area contributed by atoms with Crippen LogP contribution in [-0.4, -0.2) is 15.0 Å². The van der Waals surface area contributed by atoms with Crippen molar-refractivity contribution in [2.24, 2.45) is 17.0 Å². The van der Waals surface area contributed by atoms with E-state index in [0.29, 0.717) is 23.2 Å². The summed E-state index contributed by atoms with van der Waals surface area (Å²) in [6.45, 7) is 7.13. The largest absolute Gasteiger partial charge is 0.397 e. The Kier molecular flexibility index (Phi) is 4.59. The van der Waals surface area contributed by atoms with Crippen molar-refractivity contribution >= 4 is 21.4 Å². The third-order valence-electron chi connectivity index (χ3n) is 3.11. The van der Waals surface area contributed by atoms with E-state index >= 15 is 0 Å². The lowest BCUT2D eigenvalue weighted by molar-refractivity contribution is 0.440. The Labute approximate surface area is 109 Å². The molecular weight excluding hydrogens is 250 g/mol. The van der Waals surface area contributed by atoms with Gasteiger partial charge in [-0.05, 0) is 30.0 Å². The van der Waals surface area contributed by atoms with E-state index in [0.717, 1.165) is 6.54 Å². The second-order valence-corrected chi connectivity index (χ2v) is 6.46. The fourth-order valence-corrected chi connectivity index (χ4v) is 1.91. The van der Waals surface area contributed by atoms with Gasteiger partial charge in [-0.25, -0.2) is 13.6 Å². The molecule has 0 saturated heterocycles. The van der Waals surface area contributed by atoms with Crippen molar-refractivity contribution in [2.45, 2.75) is 25.7 Å². The van der Waals surface area contributed by atoms with Gasteiger partial charge in [0.2, 0.25) is 10.0 Å². The first-order valence-electron chi connectivity index (χ1n) is 5.88. The Bertz CT molecular complexity index is 512. The first-order chi connectivity index (χ1) is 8.21. The molecule has 6 heteroatoms. The molecule has 0 amide bonds. The molecular formula is C12H21N3O2S. The van der Waals surface area contributed by atoms with E-state index in [1.807, 2.05) is 0 Å². The summed E-state index contributed by atoms with van der Waals surface area (Å²) < 4.78 is 22.5. The highest BCUT2D eigenvalue weighted by Crippen LogP contribution is 2.23. The zero-order valence-electron chi connectivity index (χ0n) is 11.0. The smallest absolute Gasteiger partial charge is 0.238 e. The lowest BCUT2D eigenvalue weighted by atomic mass is 9.98. The summed E-state index contributed by atoms with van der Waals surface area (Å²) in [7, 11) is -3.69. The van der Waals surface area contributed by atoms with Gasteiger partial charge in [0.1, 0.15) is 0 Å². The van der Waals surface area contributed by atoms with Gasteiger partial charge in [-0.3, -0.25) is 0 Å². The highest BCUT2D eigenvalue weighted by molar-refractivity contribution is 7.89. The van der Waals surface area contributed by atoms with Gasteiger partial charge in [0.05, 0.1) is 16.3 Å². The molecule has 0 saturated carbocycles. The molecule has 0 heterocycles. The SMILES string of the molecule is CC(C)C(C)CNc1cc(S(N)(=O)=O)ccc1N. The number of anilines is 2. The fourth-order valence-electron chi connectivity index (χ4n) is 1.37. The summed E-state index contributed by atoms with van der Waals surface area (Å²) >= 11 is 0. The molecule has 1 aromatic carbocycles. The lowest BCUT2D eigenvalue weighted by Gasteiger charge is -2.18. The van der Waals surface area contributed by atoms with Gasteiger partial charge in [0, 0.05) is 6.54 Å². The van der Waals surface area contributed by atoms with Crippen LogP contribution >= 0.6 is 0 Å². The number of hydrogen-bond acceptors (Lipinski definition) is 4. The van der Waals surface area contributed by atoms with Gasteiger partial charge in [-0.1, -0.05) is 20.8 Å². The van der Waals surface area contributed by atoms with E-state index in [2.05, 4.69) is 26.1 Å². The predicted molar refractivity (Wildman–Crippen MR) is 74.7 cm³/mol. The topological polar surface area (TPSA) is 98.2 Å². The Hall–Kier alpha value is -1.27. The molecule has 102 valence electrons. The van der Waals surface area contributed by atoms with Crippen LogP contribution < -0.4 is 16.2 Å². The zero-order chi connectivity index (χ0) is 13.9. The number of nitrogen functional groups attached to an aromatic ring is 1. The molecule has 1 unspecified atom stereocenters. The summed E-state index contributed by atoms with van der Waals surface area (Å²) in [5.74, 6) is 1.00. The minimum atomic E-state index is -3.69. The first-order valence-corrected chi connectivity index (χ1v) is 7.42. The summed E-state index contributed by atoms with van der Waals surface area (Å²) in [4.78, 5) is 0.0661. The minimum Gasteiger partial charge on any atom is -0.397 e. The molecule has 0 bridgehead atoms. The number of rotatable bonds is 5. The van der Waals surface area contributed by atoms with Crippen molar-refractivity contribution in [3.05, 3.63) is 18.2 Å². The number of hydrogen-bond donors (Lipinski definition) is 3. The normalized spacial score (nSPS) is 13.6. The Morgan fingerprint density at radius 1 is 1.28 bits per heavy atom. The van der Waals surface area contributed by atoms with Crippen molar-refractivity contribution in [2.75, 3.05) is 17.6 Å². The van der Waals surface area contributed by atoms with Crippen molar-refractivity contribution in [3.63, 3.8) is 0 Å². The first kappa shape index (κ1) is 14.8. The standard InChI is InChI=1S/C12H21N3O2S/c1-8(2)9(3)7-15-12-6-10(18(14,16)17)4-5-11(12)13/h4-6,8-9,15H,7,13H2,1-3H3,(H2,14,16,17). The summed E-state index contributed by atoms with van der Waals surface area (Å²) in [6, 6.07) is 4.42. The minimum absolute atomic E-state index is 0.0661.